The minimum atomic E-state index is -0.0492. The van der Waals surface area contributed by atoms with E-state index in [4.69, 9.17) is 9.47 Å². The number of aliphatic hydroxyl groups is 1. The zero-order chi connectivity index (χ0) is 14.4. The lowest BCUT2D eigenvalue weighted by Gasteiger charge is -2.30. The first-order valence-corrected chi connectivity index (χ1v) is 7.47. The van der Waals surface area contributed by atoms with E-state index >= 15 is 0 Å². The van der Waals surface area contributed by atoms with Crippen molar-refractivity contribution in [3.05, 3.63) is 23.8 Å². The molecule has 4 heteroatoms. The number of rotatable bonds is 7. The lowest BCUT2D eigenvalue weighted by molar-refractivity contribution is 0.238. The summed E-state index contributed by atoms with van der Waals surface area (Å²) in [4.78, 5) is 0. The van der Waals surface area contributed by atoms with Crippen molar-refractivity contribution >= 4 is 0 Å². The normalized spacial score (nSPS) is 21.9. The largest absolute Gasteiger partial charge is 0.494 e. The van der Waals surface area contributed by atoms with Crippen molar-refractivity contribution in [2.24, 2.45) is 0 Å². The Kier molecular flexibility index (Phi) is 5.26. The molecule has 2 N–H and O–H groups in total. The standard InChI is InChI=1S/C16H25NO3/c1-3-19-13-5-6-15(20-4-2)14(11-13)16(8-10-18)7-9-17-12-16/h5-6,11,17-18H,3-4,7-10,12H2,1-2H3. The molecule has 0 radical (unpaired) electrons. The first-order chi connectivity index (χ1) is 9.75. The van der Waals surface area contributed by atoms with Crippen LogP contribution in [0.25, 0.3) is 0 Å². The average molecular weight is 279 g/mol. The summed E-state index contributed by atoms with van der Waals surface area (Å²) < 4.78 is 11.4. The number of benzene rings is 1. The van der Waals surface area contributed by atoms with Crippen molar-refractivity contribution in [1.29, 1.82) is 0 Å². The van der Waals surface area contributed by atoms with Gasteiger partial charge in [-0.2, -0.15) is 0 Å². The molecule has 20 heavy (non-hydrogen) atoms. The van der Waals surface area contributed by atoms with Crippen LogP contribution < -0.4 is 14.8 Å². The minimum absolute atomic E-state index is 0.0492. The Balaban J connectivity index is 2.41. The molecule has 1 aromatic carbocycles. The van der Waals surface area contributed by atoms with E-state index in [9.17, 15) is 5.11 Å². The van der Waals surface area contributed by atoms with E-state index in [-0.39, 0.29) is 12.0 Å². The maximum Gasteiger partial charge on any atom is 0.123 e. The van der Waals surface area contributed by atoms with Crippen molar-refractivity contribution < 1.29 is 14.6 Å². The van der Waals surface area contributed by atoms with Crippen LogP contribution in [0.2, 0.25) is 0 Å². The molecule has 1 unspecified atom stereocenters. The van der Waals surface area contributed by atoms with Gasteiger partial charge in [0.05, 0.1) is 13.2 Å². The van der Waals surface area contributed by atoms with Crippen molar-refractivity contribution in [2.75, 3.05) is 32.9 Å². The first kappa shape index (κ1) is 15.1. The Morgan fingerprint density at radius 2 is 2.05 bits per heavy atom. The van der Waals surface area contributed by atoms with E-state index < -0.39 is 0 Å². The number of aliphatic hydroxyl groups excluding tert-OH is 1. The molecule has 2 rings (SSSR count). The maximum absolute atomic E-state index is 9.45. The highest BCUT2D eigenvalue weighted by Crippen LogP contribution is 2.41. The van der Waals surface area contributed by atoms with Crippen LogP contribution in [0.4, 0.5) is 0 Å². The molecule has 0 bridgehead atoms. The quantitative estimate of drug-likeness (QED) is 0.802. The fraction of sp³-hybridized carbons (Fsp3) is 0.625. The Labute approximate surface area is 121 Å². The predicted molar refractivity (Wildman–Crippen MR) is 79.6 cm³/mol. The summed E-state index contributed by atoms with van der Waals surface area (Å²) in [6.07, 6.45) is 1.76. The molecule has 1 atom stereocenters. The summed E-state index contributed by atoms with van der Waals surface area (Å²) in [5.74, 6) is 1.78. The minimum Gasteiger partial charge on any atom is -0.494 e. The molecule has 0 aromatic heterocycles. The Hall–Kier alpha value is -1.26. The molecule has 4 nitrogen and oxygen atoms in total. The average Bonchev–Trinajstić information content (AvgIpc) is 2.91. The van der Waals surface area contributed by atoms with Gasteiger partial charge in [-0.1, -0.05) is 0 Å². The van der Waals surface area contributed by atoms with Crippen LogP contribution >= 0.6 is 0 Å². The second-order valence-corrected chi connectivity index (χ2v) is 5.20. The molecule has 0 saturated carbocycles. The van der Waals surface area contributed by atoms with Crippen molar-refractivity contribution in [2.45, 2.75) is 32.1 Å². The van der Waals surface area contributed by atoms with Crippen LogP contribution in [0.3, 0.4) is 0 Å². The van der Waals surface area contributed by atoms with Crippen molar-refractivity contribution in [3.63, 3.8) is 0 Å². The third kappa shape index (κ3) is 3.07. The van der Waals surface area contributed by atoms with Crippen LogP contribution in [0.15, 0.2) is 18.2 Å². The topological polar surface area (TPSA) is 50.7 Å². The van der Waals surface area contributed by atoms with Gasteiger partial charge in [0.2, 0.25) is 0 Å². The highest BCUT2D eigenvalue weighted by Gasteiger charge is 2.37. The lowest BCUT2D eigenvalue weighted by atomic mass is 9.76. The molecule has 1 aliphatic rings. The molecule has 1 heterocycles. The van der Waals surface area contributed by atoms with Crippen molar-refractivity contribution in [1.82, 2.24) is 5.32 Å². The van der Waals surface area contributed by atoms with Gasteiger partial charge in [0, 0.05) is 24.1 Å². The van der Waals surface area contributed by atoms with Gasteiger partial charge in [-0.3, -0.25) is 0 Å². The second kappa shape index (κ2) is 6.95. The smallest absolute Gasteiger partial charge is 0.123 e. The van der Waals surface area contributed by atoms with Gasteiger partial charge in [0.1, 0.15) is 11.5 Å². The summed E-state index contributed by atoms with van der Waals surface area (Å²) in [7, 11) is 0. The molecule has 0 amide bonds. The molecular formula is C16H25NO3. The van der Waals surface area contributed by atoms with Gasteiger partial charge in [0.15, 0.2) is 0 Å². The Morgan fingerprint density at radius 1 is 1.25 bits per heavy atom. The van der Waals surface area contributed by atoms with E-state index in [2.05, 4.69) is 11.4 Å². The van der Waals surface area contributed by atoms with Crippen LogP contribution in [-0.4, -0.2) is 38.0 Å². The van der Waals surface area contributed by atoms with Gasteiger partial charge in [-0.25, -0.2) is 0 Å². The van der Waals surface area contributed by atoms with E-state index in [1.54, 1.807) is 0 Å². The summed E-state index contributed by atoms with van der Waals surface area (Å²) >= 11 is 0. The number of hydrogen-bond donors (Lipinski definition) is 2. The van der Waals surface area contributed by atoms with E-state index in [1.165, 1.54) is 0 Å². The lowest BCUT2D eigenvalue weighted by Crippen LogP contribution is -2.31. The monoisotopic (exact) mass is 279 g/mol. The molecular weight excluding hydrogens is 254 g/mol. The summed E-state index contributed by atoms with van der Waals surface area (Å²) in [5.41, 5.74) is 1.11. The van der Waals surface area contributed by atoms with Crippen LogP contribution in [0.5, 0.6) is 11.5 Å². The van der Waals surface area contributed by atoms with Crippen molar-refractivity contribution in [3.8, 4) is 11.5 Å². The van der Waals surface area contributed by atoms with E-state index in [0.717, 1.165) is 43.0 Å². The Morgan fingerprint density at radius 3 is 2.65 bits per heavy atom. The van der Waals surface area contributed by atoms with Gasteiger partial charge < -0.3 is 19.9 Å². The SMILES string of the molecule is CCOc1ccc(OCC)c(C2(CCO)CCNC2)c1. The highest BCUT2D eigenvalue weighted by atomic mass is 16.5. The summed E-state index contributed by atoms with van der Waals surface area (Å²) in [5, 5.41) is 12.9. The summed E-state index contributed by atoms with van der Waals surface area (Å²) in [6, 6.07) is 6.02. The third-order valence-electron chi connectivity index (χ3n) is 3.97. The van der Waals surface area contributed by atoms with E-state index in [0.29, 0.717) is 13.2 Å². The zero-order valence-electron chi connectivity index (χ0n) is 12.4. The van der Waals surface area contributed by atoms with Gasteiger partial charge in [-0.15, -0.1) is 0 Å². The maximum atomic E-state index is 9.45. The highest BCUT2D eigenvalue weighted by molar-refractivity contribution is 5.46. The van der Waals surface area contributed by atoms with Crippen LogP contribution in [-0.2, 0) is 5.41 Å². The van der Waals surface area contributed by atoms with Crippen LogP contribution in [0.1, 0.15) is 32.3 Å². The fourth-order valence-electron chi connectivity index (χ4n) is 3.00. The number of nitrogens with one attached hydrogen (secondary N) is 1. The van der Waals surface area contributed by atoms with E-state index in [1.807, 2.05) is 26.0 Å². The number of ether oxygens (including phenoxy) is 2. The van der Waals surface area contributed by atoms with Gasteiger partial charge in [-0.05, 0) is 51.4 Å². The molecule has 0 aliphatic carbocycles. The molecule has 0 spiro atoms. The second-order valence-electron chi connectivity index (χ2n) is 5.20. The van der Waals surface area contributed by atoms with Crippen LogP contribution in [0, 0.1) is 0 Å². The third-order valence-corrected chi connectivity index (χ3v) is 3.97. The molecule has 1 aromatic rings. The molecule has 1 aliphatic heterocycles. The predicted octanol–water partition coefficient (Wildman–Crippen LogP) is 2.10. The fourth-order valence-corrected chi connectivity index (χ4v) is 3.00. The molecule has 1 fully saturated rings. The van der Waals surface area contributed by atoms with Gasteiger partial charge in [0.25, 0.3) is 0 Å². The Bertz CT molecular complexity index is 428. The van der Waals surface area contributed by atoms with Gasteiger partial charge >= 0.3 is 0 Å². The summed E-state index contributed by atoms with van der Waals surface area (Å²) in [6.45, 7) is 7.31. The first-order valence-electron chi connectivity index (χ1n) is 7.47. The molecule has 1 saturated heterocycles. The number of hydrogen-bond acceptors (Lipinski definition) is 4. The zero-order valence-corrected chi connectivity index (χ0v) is 12.4. The molecule has 112 valence electrons.